The zero-order chi connectivity index (χ0) is 19.2. The molecule has 1 aliphatic rings. The van der Waals surface area contributed by atoms with Gasteiger partial charge in [-0.2, -0.15) is 0 Å². The van der Waals surface area contributed by atoms with Gasteiger partial charge in [-0.15, -0.1) is 0 Å². The summed E-state index contributed by atoms with van der Waals surface area (Å²) >= 11 is 0. The van der Waals surface area contributed by atoms with Crippen molar-refractivity contribution >= 4 is 23.2 Å². The number of nitrogens with zero attached hydrogens (tertiary/aromatic N) is 1. The lowest BCUT2D eigenvalue weighted by Gasteiger charge is -2.29. The summed E-state index contributed by atoms with van der Waals surface area (Å²) in [5.41, 5.74) is 2.50. The highest BCUT2D eigenvalue weighted by Gasteiger charge is 2.25. The molecule has 0 radical (unpaired) electrons. The molecule has 0 aliphatic carbocycles. The van der Waals surface area contributed by atoms with Crippen LogP contribution in [0.4, 0.5) is 11.4 Å². The second-order valence-electron chi connectivity index (χ2n) is 6.35. The third-order valence-electron chi connectivity index (χ3n) is 4.31. The monoisotopic (exact) mass is 368 g/mol. The highest BCUT2D eigenvalue weighted by molar-refractivity contribution is 5.99. The van der Waals surface area contributed by atoms with Gasteiger partial charge in [0.25, 0.3) is 11.8 Å². The lowest BCUT2D eigenvalue weighted by atomic mass is 10.2. The summed E-state index contributed by atoms with van der Waals surface area (Å²) in [6.45, 7) is 4.67. The quantitative estimate of drug-likeness (QED) is 0.813. The van der Waals surface area contributed by atoms with E-state index in [1.54, 1.807) is 23.1 Å². The Labute approximate surface area is 159 Å². The molecule has 0 spiro atoms. The number of hydrogen-bond donors (Lipinski definition) is 1. The van der Waals surface area contributed by atoms with E-state index in [-0.39, 0.29) is 25.0 Å². The molecule has 0 saturated carbocycles. The molecule has 1 aliphatic heterocycles. The van der Waals surface area contributed by atoms with Crippen molar-refractivity contribution in [1.29, 1.82) is 0 Å². The molecule has 1 heterocycles. The van der Waals surface area contributed by atoms with E-state index in [0.29, 0.717) is 23.7 Å². The van der Waals surface area contributed by atoms with Crippen LogP contribution < -0.4 is 19.7 Å². The molecular weight excluding hydrogens is 344 g/mol. The van der Waals surface area contributed by atoms with Crippen LogP contribution in [-0.4, -0.2) is 31.6 Å². The third kappa shape index (κ3) is 4.58. The summed E-state index contributed by atoms with van der Waals surface area (Å²) in [6.07, 6.45) is 1.77. The Hall–Kier alpha value is -3.02. The number of fused-ring (bicyclic) bond motifs is 1. The molecule has 2 aromatic rings. The number of aryl methyl sites for hydroxylation is 1. The highest BCUT2D eigenvalue weighted by Crippen LogP contribution is 2.34. The Bertz CT molecular complexity index is 835. The van der Waals surface area contributed by atoms with E-state index in [1.807, 2.05) is 31.2 Å². The van der Waals surface area contributed by atoms with Crippen molar-refractivity contribution in [2.24, 2.45) is 0 Å². The number of nitrogens with one attached hydrogen (secondary N) is 1. The minimum atomic E-state index is -0.255. The van der Waals surface area contributed by atoms with Crippen molar-refractivity contribution in [1.82, 2.24) is 0 Å². The molecule has 0 unspecified atom stereocenters. The number of hydrogen-bond acceptors (Lipinski definition) is 4. The van der Waals surface area contributed by atoms with Gasteiger partial charge in [-0.1, -0.05) is 26.0 Å². The SMILES string of the molecule is CCCN1C(=O)COc2cc(NC(=O)COc3cccc(CC)c3)ccc21. The lowest BCUT2D eigenvalue weighted by Crippen LogP contribution is -2.39. The largest absolute Gasteiger partial charge is 0.484 e. The van der Waals surface area contributed by atoms with Gasteiger partial charge in [-0.25, -0.2) is 0 Å². The average molecular weight is 368 g/mol. The third-order valence-corrected chi connectivity index (χ3v) is 4.31. The first-order valence-electron chi connectivity index (χ1n) is 9.19. The predicted octanol–water partition coefficient (Wildman–Crippen LogP) is 3.40. The Kier molecular flexibility index (Phi) is 5.96. The molecule has 27 heavy (non-hydrogen) atoms. The molecule has 0 bridgehead atoms. The van der Waals surface area contributed by atoms with E-state index in [1.165, 1.54) is 0 Å². The van der Waals surface area contributed by atoms with Crippen LogP contribution in [0, 0.1) is 0 Å². The summed E-state index contributed by atoms with van der Waals surface area (Å²) in [5, 5.41) is 2.80. The molecule has 2 amide bonds. The lowest BCUT2D eigenvalue weighted by molar-refractivity contribution is -0.121. The molecule has 1 N–H and O–H groups in total. The fourth-order valence-electron chi connectivity index (χ4n) is 2.95. The van der Waals surface area contributed by atoms with Crippen LogP contribution >= 0.6 is 0 Å². The molecule has 0 atom stereocenters. The predicted molar refractivity (Wildman–Crippen MR) is 105 cm³/mol. The minimum Gasteiger partial charge on any atom is -0.484 e. The summed E-state index contributed by atoms with van der Waals surface area (Å²) in [4.78, 5) is 25.9. The van der Waals surface area contributed by atoms with Crippen molar-refractivity contribution in [2.75, 3.05) is 30.0 Å². The van der Waals surface area contributed by atoms with Gasteiger partial charge in [0.1, 0.15) is 11.5 Å². The first-order chi connectivity index (χ1) is 13.1. The van der Waals surface area contributed by atoms with Crippen LogP contribution in [0.5, 0.6) is 11.5 Å². The smallest absolute Gasteiger partial charge is 0.265 e. The molecule has 0 fully saturated rings. The van der Waals surface area contributed by atoms with E-state index >= 15 is 0 Å². The van der Waals surface area contributed by atoms with Crippen LogP contribution in [0.15, 0.2) is 42.5 Å². The molecule has 2 aromatic carbocycles. The van der Waals surface area contributed by atoms with Gasteiger partial charge in [0.15, 0.2) is 13.2 Å². The number of rotatable bonds is 7. The Morgan fingerprint density at radius 3 is 2.85 bits per heavy atom. The topological polar surface area (TPSA) is 67.9 Å². The van der Waals surface area contributed by atoms with Crippen molar-refractivity contribution in [3.8, 4) is 11.5 Å². The van der Waals surface area contributed by atoms with Gasteiger partial charge in [-0.3, -0.25) is 9.59 Å². The zero-order valence-corrected chi connectivity index (χ0v) is 15.7. The maximum Gasteiger partial charge on any atom is 0.265 e. The van der Waals surface area contributed by atoms with E-state index in [0.717, 1.165) is 24.1 Å². The van der Waals surface area contributed by atoms with Gasteiger partial charge in [0.2, 0.25) is 0 Å². The molecule has 6 nitrogen and oxygen atoms in total. The average Bonchev–Trinajstić information content (AvgIpc) is 2.69. The number of anilines is 2. The first-order valence-corrected chi connectivity index (χ1v) is 9.19. The zero-order valence-electron chi connectivity index (χ0n) is 15.7. The van der Waals surface area contributed by atoms with Crippen LogP contribution in [0.2, 0.25) is 0 Å². The van der Waals surface area contributed by atoms with E-state index in [2.05, 4.69) is 12.2 Å². The Morgan fingerprint density at radius 2 is 2.07 bits per heavy atom. The summed E-state index contributed by atoms with van der Waals surface area (Å²) in [7, 11) is 0. The normalized spacial score (nSPS) is 13.0. The van der Waals surface area contributed by atoms with Crippen LogP contribution in [0.3, 0.4) is 0 Å². The molecule has 0 saturated heterocycles. The number of benzene rings is 2. The highest BCUT2D eigenvalue weighted by atomic mass is 16.5. The number of carbonyl (C=O) groups is 2. The van der Waals surface area contributed by atoms with E-state index < -0.39 is 0 Å². The summed E-state index contributed by atoms with van der Waals surface area (Å²) in [6, 6.07) is 13.0. The summed E-state index contributed by atoms with van der Waals surface area (Å²) < 4.78 is 11.1. The van der Waals surface area contributed by atoms with Gasteiger partial charge >= 0.3 is 0 Å². The maximum atomic E-state index is 12.2. The number of amides is 2. The number of carbonyl (C=O) groups excluding carboxylic acids is 2. The molecule has 142 valence electrons. The van der Waals surface area contributed by atoms with Gasteiger partial charge in [-0.05, 0) is 42.7 Å². The summed E-state index contributed by atoms with van der Waals surface area (Å²) in [5.74, 6) is 0.961. The molecule has 6 heteroatoms. The standard InChI is InChI=1S/C21H24N2O4/c1-3-10-23-18-9-8-16(12-19(18)27-14-21(23)25)22-20(24)13-26-17-7-5-6-15(4-2)11-17/h5-9,11-12H,3-4,10,13-14H2,1-2H3,(H,22,24). The Morgan fingerprint density at radius 1 is 1.22 bits per heavy atom. The molecular formula is C21H24N2O4. The van der Waals surface area contributed by atoms with Crippen molar-refractivity contribution in [2.45, 2.75) is 26.7 Å². The fourth-order valence-corrected chi connectivity index (χ4v) is 2.95. The fraction of sp³-hybridized carbons (Fsp3) is 0.333. The van der Waals surface area contributed by atoms with E-state index in [4.69, 9.17) is 9.47 Å². The number of ether oxygens (including phenoxy) is 2. The maximum absolute atomic E-state index is 12.2. The van der Waals surface area contributed by atoms with Crippen LogP contribution in [0.25, 0.3) is 0 Å². The van der Waals surface area contributed by atoms with Gasteiger partial charge < -0.3 is 19.7 Å². The van der Waals surface area contributed by atoms with Crippen molar-refractivity contribution in [3.05, 3.63) is 48.0 Å². The second kappa shape index (κ2) is 8.58. The van der Waals surface area contributed by atoms with Crippen molar-refractivity contribution < 1.29 is 19.1 Å². The Balaban J connectivity index is 1.62. The molecule has 3 rings (SSSR count). The van der Waals surface area contributed by atoms with Gasteiger partial charge in [0, 0.05) is 18.3 Å². The van der Waals surface area contributed by atoms with Crippen LogP contribution in [-0.2, 0) is 16.0 Å². The van der Waals surface area contributed by atoms with Crippen LogP contribution in [0.1, 0.15) is 25.8 Å². The van der Waals surface area contributed by atoms with E-state index in [9.17, 15) is 9.59 Å². The second-order valence-corrected chi connectivity index (χ2v) is 6.35. The minimum absolute atomic E-state index is 0.0152. The first kappa shape index (κ1) is 18.8. The van der Waals surface area contributed by atoms with Crippen molar-refractivity contribution in [3.63, 3.8) is 0 Å². The van der Waals surface area contributed by atoms with Gasteiger partial charge in [0.05, 0.1) is 5.69 Å². The molecule has 0 aromatic heterocycles.